The maximum Gasteiger partial charge on any atom is 0.240 e. The fourth-order valence-electron chi connectivity index (χ4n) is 2.09. The van der Waals surface area contributed by atoms with Crippen molar-refractivity contribution in [2.45, 2.75) is 44.6 Å². The van der Waals surface area contributed by atoms with Gasteiger partial charge in [-0.3, -0.25) is 4.79 Å². The van der Waals surface area contributed by atoms with E-state index in [9.17, 15) is 13.2 Å². The SMILES string of the molecule is CCC(=O)c1cccc(S(=O)(=O)N[C@@H](CN)CC(C)C)c1. The molecule has 0 aromatic heterocycles. The minimum atomic E-state index is -3.66. The summed E-state index contributed by atoms with van der Waals surface area (Å²) >= 11 is 0. The molecule has 0 spiro atoms. The van der Waals surface area contributed by atoms with E-state index in [-0.39, 0.29) is 23.3 Å². The maximum absolute atomic E-state index is 12.4. The third kappa shape index (κ3) is 5.22. The van der Waals surface area contributed by atoms with Crippen LogP contribution in [0.1, 0.15) is 44.0 Å². The van der Waals surface area contributed by atoms with Crippen molar-refractivity contribution in [1.29, 1.82) is 0 Å². The number of carbonyl (C=O) groups excluding carboxylic acids is 1. The van der Waals surface area contributed by atoms with Crippen LogP contribution in [-0.4, -0.2) is 26.8 Å². The van der Waals surface area contributed by atoms with E-state index in [0.29, 0.717) is 24.3 Å². The van der Waals surface area contributed by atoms with Crippen molar-refractivity contribution in [2.75, 3.05) is 6.54 Å². The summed E-state index contributed by atoms with van der Waals surface area (Å²) in [4.78, 5) is 11.8. The topological polar surface area (TPSA) is 89.3 Å². The quantitative estimate of drug-likeness (QED) is 0.718. The highest BCUT2D eigenvalue weighted by atomic mass is 32.2. The third-order valence-electron chi connectivity index (χ3n) is 3.15. The number of ketones is 1. The largest absolute Gasteiger partial charge is 0.329 e. The number of carbonyl (C=O) groups is 1. The van der Waals surface area contributed by atoms with Gasteiger partial charge in [0.1, 0.15) is 0 Å². The van der Waals surface area contributed by atoms with E-state index >= 15 is 0 Å². The third-order valence-corrected chi connectivity index (χ3v) is 4.67. The Morgan fingerprint density at radius 1 is 1.33 bits per heavy atom. The number of benzene rings is 1. The van der Waals surface area contributed by atoms with E-state index in [4.69, 9.17) is 5.73 Å². The monoisotopic (exact) mass is 312 g/mol. The summed E-state index contributed by atoms with van der Waals surface area (Å²) in [7, 11) is -3.66. The average Bonchev–Trinajstić information content (AvgIpc) is 2.45. The Labute approximate surface area is 127 Å². The first-order valence-electron chi connectivity index (χ1n) is 7.15. The molecule has 0 aliphatic heterocycles. The lowest BCUT2D eigenvalue weighted by molar-refractivity contribution is 0.0988. The molecule has 0 amide bonds. The highest BCUT2D eigenvalue weighted by Gasteiger charge is 2.20. The standard InChI is InChI=1S/C15H24N2O3S/c1-4-15(18)12-6-5-7-14(9-12)21(19,20)17-13(10-16)8-11(2)3/h5-7,9,11,13,17H,4,8,10,16H2,1-3H3/t13-/m1/s1. The zero-order chi connectivity index (χ0) is 16.0. The lowest BCUT2D eigenvalue weighted by Crippen LogP contribution is -2.41. The predicted octanol–water partition coefficient (Wildman–Crippen LogP) is 1.93. The highest BCUT2D eigenvalue weighted by Crippen LogP contribution is 2.15. The molecule has 21 heavy (non-hydrogen) atoms. The van der Waals surface area contributed by atoms with Gasteiger partial charge in [-0.15, -0.1) is 0 Å². The van der Waals surface area contributed by atoms with Gasteiger partial charge in [-0.25, -0.2) is 13.1 Å². The second-order valence-electron chi connectivity index (χ2n) is 5.49. The van der Waals surface area contributed by atoms with Gasteiger partial charge in [-0.1, -0.05) is 32.9 Å². The van der Waals surface area contributed by atoms with Crippen molar-refractivity contribution in [1.82, 2.24) is 4.72 Å². The van der Waals surface area contributed by atoms with Crippen molar-refractivity contribution in [3.63, 3.8) is 0 Å². The van der Waals surface area contributed by atoms with Crippen molar-refractivity contribution >= 4 is 15.8 Å². The Morgan fingerprint density at radius 2 is 2.00 bits per heavy atom. The molecule has 1 aromatic rings. The molecule has 0 heterocycles. The molecule has 1 aromatic carbocycles. The molecule has 0 radical (unpaired) electrons. The van der Waals surface area contributed by atoms with E-state index in [2.05, 4.69) is 4.72 Å². The van der Waals surface area contributed by atoms with Gasteiger partial charge in [0.2, 0.25) is 10.0 Å². The number of hydrogen-bond acceptors (Lipinski definition) is 4. The van der Waals surface area contributed by atoms with Crippen LogP contribution in [0, 0.1) is 5.92 Å². The molecule has 0 aliphatic carbocycles. The van der Waals surface area contributed by atoms with Crippen molar-refractivity contribution < 1.29 is 13.2 Å². The molecular formula is C15H24N2O3S. The van der Waals surface area contributed by atoms with Crippen LogP contribution in [0.3, 0.4) is 0 Å². The smallest absolute Gasteiger partial charge is 0.240 e. The molecule has 1 atom stereocenters. The van der Waals surface area contributed by atoms with Gasteiger partial charge in [0.15, 0.2) is 5.78 Å². The minimum Gasteiger partial charge on any atom is -0.329 e. The van der Waals surface area contributed by atoms with Gasteiger partial charge >= 0.3 is 0 Å². The molecule has 5 nitrogen and oxygen atoms in total. The van der Waals surface area contributed by atoms with Gasteiger partial charge in [0.05, 0.1) is 4.90 Å². The average molecular weight is 312 g/mol. The number of nitrogens with two attached hydrogens (primary N) is 1. The maximum atomic E-state index is 12.4. The molecular weight excluding hydrogens is 288 g/mol. The summed E-state index contributed by atoms with van der Waals surface area (Å²) < 4.78 is 27.3. The molecule has 3 N–H and O–H groups in total. The van der Waals surface area contributed by atoms with Crippen LogP contribution in [0.25, 0.3) is 0 Å². The minimum absolute atomic E-state index is 0.0791. The summed E-state index contributed by atoms with van der Waals surface area (Å²) in [6.45, 7) is 6.01. The van der Waals surface area contributed by atoms with Crippen molar-refractivity contribution in [3.8, 4) is 0 Å². The summed E-state index contributed by atoms with van der Waals surface area (Å²) in [5.74, 6) is 0.263. The van der Waals surface area contributed by atoms with Gasteiger partial charge in [-0.2, -0.15) is 0 Å². The Hall–Kier alpha value is -1.24. The molecule has 0 saturated carbocycles. The van der Waals surface area contributed by atoms with Gasteiger partial charge in [0, 0.05) is 24.6 Å². The number of rotatable bonds is 8. The second kappa shape index (κ2) is 7.68. The van der Waals surface area contributed by atoms with E-state index in [1.54, 1.807) is 19.1 Å². The highest BCUT2D eigenvalue weighted by molar-refractivity contribution is 7.89. The molecule has 0 bridgehead atoms. The summed E-state index contributed by atoms with van der Waals surface area (Å²) in [5.41, 5.74) is 6.04. The summed E-state index contributed by atoms with van der Waals surface area (Å²) in [6, 6.07) is 5.80. The molecule has 1 rings (SSSR count). The van der Waals surface area contributed by atoms with Gasteiger partial charge in [0.25, 0.3) is 0 Å². The van der Waals surface area contributed by atoms with E-state index in [1.807, 2.05) is 13.8 Å². The Morgan fingerprint density at radius 3 is 2.52 bits per heavy atom. The van der Waals surface area contributed by atoms with Gasteiger partial charge < -0.3 is 5.73 Å². The first-order chi connectivity index (χ1) is 9.80. The summed E-state index contributed by atoms with van der Waals surface area (Å²) in [6.07, 6.45) is 1.01. The second-order valence-corrected chi connectivity index (χ2v) is 7.20. The normalized spacial score (nSPS) is 13.4. The van der Waals surface area contributed by atoms with Crippen LogP contribution in [-0.2, 0) is 10.0 Å². The van der Waals surface area contributed by atoms with Crippen LogP contribution >= 0.6 is 0 Å². The van der Waals surface area contributed by atoms with Gasteiger partial charge in [-0.05, 0) is 24.5 Å². The van der Waals surface area contributed by atoms with Crippen molar-refractivity contribution in [2.24, 2.45) is 11.7 Å². The van der Waals surface area contributed by atoms with E-state index < -0.39 is 10.0 Å². The molecule has 0 unspecified atom stereocenters. The fourth-order valence-corrected chi connectivity index (χ4v) is 3.40. The number of nitrogens with one attached hydrogen (secondary N) is 1. The first-order valence-corrected chi connectivity index (χ1v) is 8.64. The number of hydrogen-bond donors (Lipinski definition) is 2. The van der Waals surface area contributed by atoms with Crippen LogP contribution < -0.4 is 10.5 Å². The predicted molar refractivity (Wildman–Crippen MR) is 83.7 cm³/mol. The zero-order valence-electron chi connectivity index (χ0n) is 12.8. The lowest BCUT2D eigenvalue weighted by Gasteiger charge is -2.19. The Kier molecular flexibility index (Phi) is 6.51. The zero-order valence-corrected chi connectivity index (χ0v) is 13.6. The Bertz CT molecular complexity index is 582. The molecule has 0 saturated heterocycles. The molecule has 118 valence electrons. The fraction of sp³-hybridized carbons (Fsp3) is 0.533. The van der Waals surface area contributed by atoms with Crippen LogP contribution in [0.5, 0.6) is 0 Å². The summed E-state index contributed by atoms with van der Waals surface area (Å²) in [5, 5.41) is 0. The van der Waals surface area contributed by atoms with E-state index in [0.717, 1.165) is 0 Å². The van der Waals surface area contributed by atoms with E-state index in [1.165, 1.54) is 12.1 Å². The lowest BCUT2D eigenvalue weighted by atomic mass is 10.1. The molecule has 0 aliphatic rings. The number of Topliss-reactive ketones (excluding diaryl/α,β-unsaturated/α-hetero) is 1. The van der Waals surface area contributed by atoms with Crippen LogP contribution in [0.15, 0.2) is 29.2 Å². The first kappa shape index (κ1) is 17.8. The molecule has 0 fully saturated rings. The van der Waals surface area contributed by atoms with Crippen molar-refractivity contribution in [3.05, 3.63) is 29.8 Å². The number of sulfonamides is 1. The van der Waals surface area contributed by atoms with Crippen LogP contribution in [0.2, 0.25) is 0 Å². The Balaban J connectivity index is 2.99. The van der Waals surface area contributed by atoms with Crippen LogP contribution in [0.4, 0.5) is 0 Å². The molecule has 6 heteroatoms.